The highest BCUT2D eigenvalue weighted by atomic mass is 32.2. The van der Waals surface area contributed by atoms with Crippen LogP contribution in [0, 0.1) is 5.92 Å². The van der Waals surface area contributed by atoms with Crippen molar-refractivity contribution in [2.24, 2.45) is 5.92 Å². The SMILES string of the molecule is CCNC(CC)C(C)SCC(C)CO. The highest BCUT2D eigenvalue weighted by Crippen LogP contribution is 2.19. The molecule has 3 heteroatoms. The summed E-state index contributed by atoms with van der Waals surface area (Å²) in [6, 6.07) is 0.607. The number of nitrogens with one attached hydrogen (secondary N) is 1. The highest BCUT2D eigenvalue weighted by molar-refractivity contribution is 7.99. The molecule has 14 heavy (non-hydrogen) atoms. The topological polar surface area (TPSA) is 32.3 Å². The average molecular weight is 219 g/mol. The summed E-state index contributed by atoms with van der Waals surface area (Å²) in [6.45, 7) is 10.1. The van der Waals surface area contributed by atoms with Gasteiger partial charge in [-0.05, 0) is 24.6 Å². The molecule has 3 atom stereocenters. The van der Waals surface area contributed by atoms with Gasteiger partial charge in [0.05, 0.1) is 0 Å². The Labute approximate surface area is 92.9 Å². The first-order chi connectivity index (χ1) is 6.65. The molecule has 2 N–H and O–H groups in total. The number of thioether (sulfide) groups is 1. The molecule has 0 aromatic carbocycles. The summed E-state index contributed by atoms with van der Waals surface area (Å²) in [5, 5.41) is 13.0. The second kappa shape index (κ2) is 8.57. The van der Waals surface area contributed by atoms with Gasteiger partial charge in [-0.25, -0.2) is 0 Å². The second-order valence-corrected chi connectivity index (χ2v) is 5.31. The first kappa shape index (κ1) is 14.3. The van der Waals surface area contributed by atoms with E-state index in [2.05, 4.69) is 33.0 Å². The highest BCUT2D eigenvalue weighted by Gasteiger charge is 2.15. The van der Waals surface area contributed by atoms with Crippen molar-refractivity contribution in [3.8, 4) is 0 Å². The van der Waals surface area contributed by atoms with E-state index in [9.17, 15) is 0 Å². The number of hydrogen-bond acceptors (Lipinski definition) is 3. The van der Waals surface area contributed by atoms with Crippen LogP contribution in [0.3, 0.4) is 0 Å². The van der Waals surface area contributed by atoms with Crippen LogP contribution in [-0.2, 0) is 0 Å². The number of hydrogen-bond donors (Lipinski definition) is 2. The van der Waals surface area contributed by atoms with Gasteiger partial charge in [0.15, 0.2) is 0 Å². The summed E-state index contributed by atoms with van der Waals surface area (Å²) in [6.07, 6.45) is 1.18. The van der Waals surface area contributed by atoms with E-state index < -0.39 is 0 Å². The van der Waals surface area contributed by atoms with E-state index in [4.69, 9.17) is 5.11 Å². The van der Waals surface area contributed by atoms with Gasteiger partial charge in [-0.1, -0.05) is 27.7 Å². The third-order valence-electron chi connectivity index (χ3n) is 2.43. The zero-order valence-corrected chi connectivity index (χ0v) is 10.7. The van der Waals surface area contributed by atoms with Crippen molar-refractivity contribution < 1.29 is 5.11 Å². The summed E-state index contributed by atoms with van der Waals surface area (Å²) < 4.78 is 0. The van der Waals surface area contributed by atoms with E-state index in [1.807, 2.05) is 11.8 Å². The molecule has 86 valence electrons. The number of rotatable bonds is 8. The Morgan fingerprint density at radius 1 is 1.29 bits per heavy atom. The molecule has 0 aromatic rings. The fourth-order valence-electron chi connectivity index (χ4n) is 1.39. The Kier molecular flexibility index (Phi) is 8.73. The smallest absolute Gasteiger partial charge is 0.0464 e. The van der Waals surface area contributed by atoms with Crippen molar-refractivity contribution in [3.63, 3.8) is 0 Å². The summed E-state index contributed by atoms with van der Waals surface area (Å²) in [4.78, 5) is 0. The first-order valence-corrected chi connectivity index (χ1v) is 6.66. The Balaban J connectivity index is 3.73. The number of aliphatic hydroxyl groups excluding tert-OH is 1. The molecule has 0 aromatic heterocycles. The maximum Gasteiger partial charge on any atom is 0.0464 e. The van der Waals surface area contributed by atoms with Crippen LogP contribution in [0.4, 0.5) is 0 Å². The predicted molar refractivity (Wildman–Crippen MR) is 65.9 cm³/mol. The Morgan fingerprint density at radius 2 is 1.93 bits per heavy atom. The molecule has 2 nitrogen and oxygen atoms in total. The van der Waals surface area contributed by atoms with Gasteiger partial charge in [0.2, 0.25) is 0 Å². The molecule has 0 heterocycles. The van der Waals surface area contributed by atoms with Gasteiger partial charge in [0.25, 0.3) is 0 Å². The zero-order valence-electron chi connectivity index (χ0n) is 9.92. The Bertz CT molecular complexity index is 132. The summed E-state index contributed by atoms with van der Waals surface area (Å²) in [5.74, 6) is 1.47. The van der Waals surface area contributed by atoms with E-state index >= 15 is 0 Å². The lowest BCUT2D eigenvalue weighted by atomic mass is 10.2. The second-order valence-electron chi connectivity index (χ2n) is 3.90. The summed E-state index contributed by atoms with van der Waals surface area (Å²) in [5.41, 5.74) is 0. The average Bonchev–Trinajstić information content (AvgIpc) is 2.21. The molecule has 0 amide bonds. The van der Waals surface area contributed by atoms with E-state index in [1.54, 1.807) is 0 Å². The fourth-order valence-corrected chi connectivity index (χ4v) is 2.65. The molecule has 0 fully saturated rings. The van der Waals surface area contributed by atoms with Crippen LogP contribution in [0.5, 0.6) is 0 Å². The lowest BCUT2D eigenvalue weighted by Gasteiger charge is -2.24. The monoisotopic (exact) mass is 219 g/mol. The fraction of sp³-hybridized carbons (Fsp3) is 1.00. The first-order valence-electron chi connectivity index (χ1n) is 5.61. The van der Waals surface area contributed by atoms with Gasteiger partial charge in [-0.2, -0.15) is 11.8 Å². The standard InChI is InChI=1S/C11H25NOS/c1-5-11(12-6-2)10(4)14-8-9(3)7-13/h9-13H,5-8H2,1-4H3. The molecule has 0 rings (SSSR count). The molecule has 3 unspecified atom stereocenters. The molecular weight excluding hydrogens is 194 g/mol. The van der Waals surface area contributed by atoms with Gasteiger partial charge < -0.3 is 10.4 Å². The van der Waals surface area contributed by atoms with Crippen LogP contribution in [0.2, 0.25) is 0 Å². The molecule has 0 spiro atoms. The molecule has 0 radical (unpaired) electrons. The van der Waals surface area contributed by atoms with Crippen molar-refractivity contribution in [3.05, 3.63) is 0 Å². The lowest BCUT2D eigenvalue weighted by Crippen LogP contribution is -2.36. The van der Waals surface area contributed by atoms with Crippen LogP contribution in [0.15, 0.2) is 0 Å². The normalized spacial score (nSPS) is 17.8. The van der Waals surface area contributed by atoms with Crippen molar-refractivity contribution in [1.82, 2.24) is 5.32 Å². The van der Waals surface area contributed by atoms with Crippen LogP contribution in [0.25, 0.3) is 0 Å². The Hall–Kier alpha value is 0.270. The molecule has 0 aliphatic heterocycles. The van der Waals surface area contributed by atoms with Crippen molar-refractivity contribution in [1.29, 1.82) is 0 Å². The van der Waals surface area contributed by atoms with E-state index in [1.165, 1.54) is 6.42 Å². The Morgan fingerprint density at radius 3 is 2.36 bits per heavy atom. The van der Waals surface area contributed by atoms with Gasteiger partial charge >= 0.3 is 0 Å². The molecule has 0 aliphatic carbocycles. The van der Waals surface area contributed by atoms with Crippen LogP contribution < -0.4 is 5.32 Å². The van der Waals surface area contributed by atoms with Crippen LogP contribution in [-0.4, -0.2) is 35.3 Å². The van der Waals surface area contributed by atoms with Crippen molar-refractivity contribution >= 4 is 11.8 Å². The van der Waals surface area contributed by atoms with Gasteiger partial charge in [0, 0.05) is 17.9 Å². The minimum Gasteiger partial charge on any atom is -0.396 e. The van der Waals surface area contributed by atoms with Crippen molar-refractivity contribution in [2.45, 2.75) is 45.4 Å². The maximum absolute atomic E-state index is 8.92. The quantitative estimate of drug-likeness (QED) is 0.656. The van der Waals surface area contributed by atoms with Gasteiger partial charge in [-0.15, -0.1) is 0 Å². The van der Waals surface area contributed by atoms with Crippen LogP contribution >= 0.6 is 11.8 Å². The van der Waals surface area contributed by atoms with Crippen molar-refractivity contribution in [2.75, 3.05) is 18.9 Å². The number of aliphatic hydroxyl groups is 1. The molecule has 0 saturated carbocycles. The minimum absolute atomic E-state index is 0.303. The van der Waals surface area contributed by atoms with E-state index in [0.29, 0.717) is 23.8 Å². The largest absolute Gasteiger partial charge is 0.396 e. The summed E-state index contributed by atoms with van der Waals surface area (Å²) in [7, 11) is 0. The van der Waals surface area contributed by atoms with Gasteiger partial charge in [-0.3, -0.25) is 0 Å². The molecule has 0 aliphatic rings. The van der Waals surface area contributed by atoms with E-state index in [-0.39, 0.29) is 0 Å². The molecular formula is C11H25NOS. The van der Waals surface area contributed by atoms with Crippen LogP contribution in [0.1, 0.15) is 34.1 Å². The third kappa shape index (κ3) is 5.89. The lowest BCUT2D eigenvalue weighted by molar-refractivity contribution is 0.250. The summed E-state index contributed by atoms with van der Waals surface area (Å²) >= 11 is 1.96. The minimum atomic E-state index is 0.303. The molecule has 0 bridgehead atoms. The van der Waals surface area contributed by atoms with Gasteiger partial charge in [0.1, 0.15) is 0 Å². The maximum atomic E-state index is 8.92. The third-order valence-corrected chi connectivity index (χ3v) is 4.04. The van der Waals surface area contributed by atoms with E-state index in [0.717, 1.165) is 12.3 Å². The predicted octanol–water partition coefficient (Wildman–Crippen LogP) is 2.12. The zero-order chi connectivity index (χ0) is 11.0. The molecule has 0 saturated heterocycles.